The van der Waals surface area contributed by atoms with Gasteiger partial charge in [-0.05, 0) is 45.6 Å². The fraction of sp³-hybridized carbons (Fsp3) is 0.542. The summed E-state index contributed by atoms with van der Waals surface area (Å²) >= 11 is 0. The first-order valence-corrected chi connectivity index (χ1v) is 11.1. The summed E-state index contributed by atoms with van der Waals surface area (Å²) in [5, 5.41) is 4.22. The number of esters is 1. The van der Waals surface area contributed by atoms with Gasteiger partial charge in [-0.25, -0.2) is 0 Å². The molecule has 1 aromatic heterocycles. The van der Waals surface area contributed by atoms with Gasteiger partial charge < -0.3 is 18.9 Å². The van der Waals surface area contributed by atoms with Gasteiger partial charge in [0.15, 0.2) is 0 Å². The zero-order valence-corrected chi connectivity index (χ0v) is 18.3. The summed E-state index contributed by atoms with van der Waals surface area (Å²) in [6.45, 7) is 5.68. The monoisotopic (exact) mass is 426 g/mol. The Hall–Kier alpha value is -2.67. The molecule has 0 aliphatic carbocycles. The lowest BCUT2D eigenvalue weighted by atomic mass is 9.76. The fourth-order valence-electron chi connectivity index (χ4n) is 4.63. The molecule has 0 bridgehead atoms. The molecule has 3 heterocycles. The van der Waals surface area contributed by atoms with Gasteiger partial charge in [-0.2, -0.15) is 0 Å². The maximum absolute atomic E-state index is 13.1. The van der Waals surface area contributed by atoms with Crippen molar-refractivity contribution in [3.05, 3.63) is 41.7 Å². The van der Waals surface area contributed by atoms with Gasteiger partial charge in [-0.3, -0.25) is 9.59 Å². The molecule has 31 heavy (non-hydrogen) atoms. The summed E-state index contributed by atoms with van der Waals surface area (Å²) in [5.74, 6) is 0.313. The predicted molar refractivity (Wildman–Crippen MR) is 114 cm³/mol. The van der Waals surface area contributed by atoms with Crippen molar-refractivity contribution in [1.29, 1.82) is 0 Å². The van der Waals surface area contributed by atoms with Crippen LogP contribution >= 0.6 is 0 Å². The third kappa shape index (κ3) is 4.66. The Morgan fingerprint density at radius 1 is 1.29 bits per heavy atom. The van der Waals surface area contributed by atoms with Gasteiger partial charge in [-0.15, -0.1) is 0 Å². The predicted octanol–water partition coefficient (Wildman–Crippen LogP) is 3.54. The Kier molecular flexibility index (Phi) is 6.41. The zero-order chi connectivity index (χ0) is 21.8. The highest BCUT2D eigenvalue weighted by Crippen LogP contribution is 2.37. The van der Waals surface area contributed by atoms with Crippen molar-refractivity contribution in [1.82, 2.24) is 10.1 Å². The van der Waals surface area contributed by atoms with E-state index in [-0.39, 0.29) is 11.9 Å². The largest absolute Gasteiger partial charge is 0.466 e. The second kappa shape index (κ2) is 9.22. The summed E-state index contributed by atoms with van der Waals surface area (Å²) < 4.78 is 16.7. The van der Waals surface area contributed by atoms with E-state index < -0.39 is 11.5 Å². The van der Waals surface area contributed by atoms with E-state index in [0.717, 1.165) is 36.1 Å². The first-order chi connectivity index (χ1) is 15.0. The van der Waals surface area contributed by atoms with Crippen molar-refractivity contribution in [3.63, 3.8) is 0 Å². The van der Waals surface area contributed by atoms with E-state index in [4.69, 9.17) is 14.0 Å². The maximum Gasteiger partial charge on any atom is 0.314 e. The van der Waals surface area contributed by atoms with E-state index >= 15 is 0 Å². The molecule has 0 spiro atoms. The standard InChI is InChI=1S/C24H30N2O5/c1-3-29-23(28)24(10-6-11-26(16-24)22(27)21-9-5-12-30-21)15-19-14-20(25-31-19)18-8-4-7-17(2)13-18/h4,7-8,13-14,21H,3,5-6,9-12,15-16H2,1-2H3/t21-,24+/m0/s1. The number of piperidine rings is 1. The van der Waals surface area contributed by atoms with Gasteiger partial charge >= 0.3 is 5.97 Å². The Bertz CT molecular complexity index is 934. The van der Waals surface area contributed by atoms with Crippen molar-refractivity contribution in [2.75, 3.05) is 26.3 Å². The molecular weight excluding hydrogens is 396 g/mol. The number of aromatic nitrogens is 1. The SMILES string of the molecule is CCOC(=O)[C@@]1(Cc2cc(-c3cccc(C)c3)no2)CCCN(C(=O)[C@@H]2CCCO2)C1. The minimum atomic E-state index is -0.841. The average molecular weight is 427 g/mol. The Labute approximate surface area is 182 Å². The number of likely N-dealkylation sites (tertiary alicyclic amines) is 1. The van der Waals surface area contributed by atoms with Crippen LogP contribution in [-0.4, -0.2) is 54.3 Å². The van der Waals surface area contributed by atoms with Crippen LogP contribution in [0.25, 0.3) is 11.3 Å². The van der Waals surface area contributed by atoms with Crippen LogP contribution in [0.15, 0.2) is 34.9 Å². The van der Waals surface area contributed by atoms with Crippen molar-refractivity contribution in [3.8, 4) is 11.3 Å². The molecule has 4 rings (SSSR count). The number of hydrogen-bond donors (Lipinski definition) is 0. The number of amides is 1. The number of benzene rings is 1. The van der Waals surface area contributed by atoms with Crippen LogP contribution in [0, 0.1) is 12.3 Å². The lowest BCUT2D eigenvalue weighted by molar-refractivity contribution is -0.162. The Morgan fingerprint density at radius 2 is 2.16 bits per heavy atom. The quantitative estimate of drug-likeness (QED) is 0.657. The highest BCUT2D eigenvalue weighted by molar-refractivity contribution is 5.83. The van der Waals surface area contributed by atoms with Crippen LogP contribution in [0.4, 0.5) is 0 Å². The molecule has 0 saturated carbocycles. The number of nitrogens with zero attached hydrogens (tertiary/aromatic N) is 2. The maximum atomic E-state index is 13.1. The van der Waals surface area contributed by atoms with Crippen molar-refractivity contribution in [2.24, 2.45) is 5.41 Å². The van der Waals surface area contributed by atoms with Crippen molar-refractivity contribution in [2.45, 2.75) is 52.1 Å². The molecule has 2 fully saturated rings. The molecule has 2 aliphatic rings. The normalized spacial score (nSPS) is 23.7. The summed E-state index contributed by atoms with van der Waals surface area (Å²) in [7, 11) is 0. The van der Waals surface area contributed by atoms with Gasteiger partial charge in [0, 0.05) is 37.7 Å². The second-order valence-electron chi connectivity index (χ2n) is 8.59. The summed E-state index contributed by atoms with van der Waals surface area (Å²) in [6.07, 6.45) is 2.96. The van der Waals surface area contributed by atoms with Gasteiger partial charge in [-0.1, -0.05) is 28.9 Å². The van der Waals surface area contributed by atoms with Gasteiger partial charge in [0.1, 0.15) is 17.6 Å². The number of rotatable bonds is 6. The minimum absolute atomic E-state index is 0.0242. The van der Waals surface area contributed by atoms with Crippen LogP contribution in [0.3, 0.4) is 0 Å². The molecule has 7 heteroatoms. The highest BCUT2D eigenvalue weighted by Gasteiger charge is 2.46. The van der Waals surface area contributed by atoms with Gasteiger partial charge in [0.25, 0.3) is 5.91 Å². The molecule has 2 atom stereocenters. The Balaban J connectivity index is 1.56. The first kappa shape index (κ1) is 21.6. The molecule has 2 aromatic rings. The van der Waals surface area contributed by atoms with E-state index in [9.17, 15) is 9.59 Å². The molecule has 2 saturated heterocycles. The fourth-order valence-corrected chi connectivity index (χ4v) is 4.63. The smallest absolute Gasteiger partial charge is 0.314 e. The average Bonchev–Trinajstić information content (AvgIpc) is 3.46. The summed E-state index contributed by atoms with van der Waals surface area (Å²) in [4.78, 5) is 27.8. The van der Waals surface area contributed by atoms with Gasteiger partial charge in [0.05, 0.1) is 12.0 Å². The molecule has 1 aromatic carbocycles. The summed E-state index contributed by atoms with van der Waals surface area (Å²) in [6, 6.07) is 9.93. The van der Waals surface area contributed by atoms with E-state index in [2.05, 4.69) is 5.16 Å². The van der Waals surface area contributed by atoms with Crippen molar-refractivity contribution >= 4 is 11.9 Å². The zero-order valence-electron chi connectivity index (χ0n) is 18.3. The van der Waals surface area contributed by atoms with Gasteiger partial charge in [0.2, 0.25) is 0 Å². The van der Waals surface area contributed by atoms with Crippen LogP contribution in [-0.2, 0) is 25.5 Å². The molecule has 0 radical (unpaired) electrons. The molecule has 2 aliphatic heterocycles. The molecule has 166 valence electrons. The minimum Gasteiger partial charge on any atom is -0.466 e. The van der Waals surface area contributed by atoms with Crippen LogP contribution in [0.5, 0.6) is 0 Å². The Morgan fingerprint density at radius 3 is 2.90 bits per heavy atom. The lowest BCUT2D eigenvalue weighted by Gasteiger charge is -2.41. The van der Waals surface area contributed by atoms with E-state index in [1.807, 2.05) is 37.3 Å². The molecular formula is C24H30N2O5. The molecule has 7 nitrogen and oxygen atoms in total. The van der Waals surface area contributed by atoms with Crippen LogP contribution in [0.1, 0.15) is 43.9 Å². The molecule has 0 N–H and O–H groups in total. The van der Waals surface area contributed by atoms with E-state index in [1.54, 1.807) is 11.8 Å². The van der Waals surface area contributed by atoms with Crippen LogP contribution < -0.4 is 0 Å². The van der Waals surface area contributed by atoms with E-state index in [1.165, 1.54) is 0 Å². The number of aryl methyl sites for hydroxylation is 1. The third-order valence-electron chi connectivity index (χ3n) is 6.19. The van der Waals surface area contributed by atoms with E-state index in [0.29, 0.717) is 44.9 Å². The van der Waals surface area contributed by atoms with Crippen LogP contribution in [0.2, 0.25) is 0 Å². The third-order valence-corrected chi connectivity index (χ3v) is 6.19. The second-order valence-corrected chi connectivity index (χ2v) is 8.59. The first-order valence-electron chi connectivity index (χ1n) is 11.1. The topological polar surface area (TPSA) is 81.9 Å². The molecule has 0 unspecified atom stereocenters. The molecule has 1 amide bonds. The lowest BCUT2D eigenvalue weighted by Crippen LogP contribution is -2.53. The number of carbonyl (C=O) groups is 2. The number of ether oxygens (including phenoxy) is 2. The number of carbonyl (C=O) groups excluding carboxylic acids is 2. The summed E-state index contributed by atoms with van der Waals surface area (Å²) in [5.41, 5.74) is 2.01. The highest BCUT2D eigenvalue weighted by atomic mass is 16.5. The van der Waals surface area contributed by atoms with Crippen molar-refractivity contribution < 1.29 is 23.6 Å². The number of hydrogen-bond acceptors (Lipinski definition) is 6.